The van der Waals surface area contributed by atoms with Crippen LogP contribution in [0.1, 0.15) is 17.5 Å². The molecule has 0 unspecified atom stereocenters. The summed E-state index contributed by atoms with van der Waals surface area (Å²) in [5.74, 6) is 0. The third-order valence-corrected chi connectivity index (χ3v) is 2.88. The Morgan fingerprint density at radius 1 is 1.13 bits per heavy atom. The maximum absolute atomic E-state index is 4.38. The van der Waals surface area contributed by atoms with Crippen molar-refractivity contribution in [1.82, 2.24) is 9.97 Å². The molecule has 0 saturated heterocycles. The zero-order chi connectivity index (χ0) is 10.1. The summed E-state index contributed by atoms with van der Waals surface area (Å²) in [5.41, 5.74) is 4.87. The minimum absolute atomic E-state index is 1.03. The topological polar surface area (TPSA) is 25.8 Å². The molecule has 3 rings (SSSR count). The van der Waals surface area contributed by atoms with Gasteiger partial charge in [-0.3, -0.25) is 0 Å². The summed E-state index contributed by atoms with van der Waals surface area (Å²) < 4.78 is 0. The molecule has 73 valence electrons. The summed E-state index contributed by atoms with van der Waals surface area (Å²) in [7, 11) is 0. The second-order valence-corrected chi connectivity index (χ2v) is 3.82. The summed E-state index contributed by atoms with van der Waals surface area (Å²) in [4.78, 5) is 8.35. The van der Waals surface area contributed by atoms with Crippen LogP contribution in [-0.4, -0.2) is 9.97 Å². The van der Waals surface area contributed by atoms with Crippen molar-refractivity contribution in [2.75, 3.05) is 0 Å². The number of hydrogen-bond acceptors (Lipinski definition) is 2. The van der Waals surface area contributed by atoms with Gasteiger partial charge < -0.3 is 0 Å². The van der Waals surface area contributed by atoms with E-state index in [4.69, 9.17) is 0 Å². The van der Waals surface area contributed by atoms with Crippen molar-refractivity contribution in [1.29, 1.82) is 0 Å². The fourth-order valence-electron chi connectivity index (χ4n) is 2.16. The Morgan fingerprint density at radius 3 is 3.07 bits per heavy atom. The van der Waals surface area contributed by atoms with E-state index >= 15 is 0 Å². The normalized spacial score (nSPS) is 13.9. The largest absolute Gasteiger partial charge is 0.236 e. The molecule has 1 aliphatic carbocycles. The number of aromatic nitrogens is 2. The molecule has 0 saturated carbocycles. The summed E-state index contributed by atoms with van der Waals surface area (Å²) in [6, 6.07) is 8.48. The van der Waals surface area contributed by atoms with E-state index in [2.05, 4.69) is 40.4 Å². The van der Waals surface area contributed by atoms with E-state index in [9.17, 15) is 0 Å². The van der Waals surface area contributed by atoms with E-state index in [-0.39, 0.29) is 0 Å². The van der Waals surface area contributed by atoms with Crippen LogP contribution >= 0.6 is 0 Å². The van der Waals surface area contributed by atoms with Crippen molar-refractivity contribution in [3.8, 4) is 11.3 Å². The van der Waals surface area contributed by atoms with E-state index in [1.165, 1.54) is 11.1 Å². The van der Waals surface area contributed by atoms with Gasteiger partial charge in [-0.05, 0) is 24.8 Å². The molecule has 2 nitrogen and oxygen atoms in total. The first-order chi connectivity index (χ1) is 7.45. The van der Waals surface area contributed by atoms with Crippen molar-refractivity contribution < 1.29 is 0 Å². The highest BCUT2D eigenvalue weighted by Gasteiger charge is 2.14. The summed E-state index contributed by atoms with van der Waals surface area (Å²) in [5, 5.41) is 0. The Morgan fingerprint density at radius 2 is 2.07 bits per heavy atom. The first-order valence-corrected chi connectivity index (χ1v) is 5.25. The van der Waals surface area contributed by atoms with Crippen LogP contribution in [-0.2, 0) is 12.8 Å². The van der Waals surface area contributed by atoms with Gasteiger partial charge in [0.1, 0.15) is 6.33 Å². The average Bonchev–Trinajstić information content (AvgIpc) is 2.48. The van der Waals surface area contributed by atoms with Crippen LogP contribution in [0, 0.1) is 6.20 Å². The first-order valence-electron chi connectivity index (χ1n) is 5.25. The maximum atomic E-state index is 4.38. The molecule has 2 heteroatoms. The molecule has 0 aliphatic heterocycles. The van der Waals surface area contributed by atoms with Crippen LogP contribution in [0.5, 0.6) is 0 Å². The first kappa shape index (κ1) is 8.60. The smallest absolute Gasteiger partial charge is 0.116 e. The van der Waals surface area contributed by atoms with Gasteiger partial charge in [0.25, 0.3) is 0 Å². The molecular formula is C13H11N2. The second kappa shape index (κ2) is 3.46. The lowest BCUT2D eigenvalue weighted by atomic mass is 10.0. The Bertz CT molecular complexity index is 446. The van der Waals surface area contributed by atoms with E-state index < -0.39 is 0 Å². The number of aryl methyl sites for hydroxylation is 2. The Hall–Kier alpha value is -1.70. The van der Waals surface area contributed by atoms with Crippen LogP contribution in [0.15, 0.2) is 30.6 Å². The van der Waals surface area contributed by atoms with Crippen molar-refractivity contribution in [3.05, 3.63) is 47.9 Å². The SMILES string of the molecule is [c]1ncnc2c1CCCc1ccccc1-2. The zero-order valence-corrected chi connectivity index (χ0v) is 8.40. The molecule has 1 aromatic carbocycles. The summed E-state index contributed by atoms with van der Waals surface area (Å²) >= 11 is 0. The van der Waals surface area contributed by atoms with Gasteiger partial charge in [0.05, 0.1) is 11.9 Å². The predicted molar refractivity (Wildman–Crippen MR) is 58.3 cm³/mol. The molecule has 0 bridgehead atoms. The molecule has 15 heavy (non-hydrogen) atoms. The quantitative estimate of drug-likeness (QED) is 0.645. The van der Waals surface area contributed by atoms with Gasteiger partial charge in [0.15, 0.2) is 0 Å². The lowest BCUT2D eigenvalue weighted by Crippen LogP contribution is -1.93. The Balaban J connectivity index is 2.27. The molecule has 1 radical (unpaired) electrons. The highest BCUT2D eigenvalue weighted by molar-refractivity contribution is 5.67. The number of rotatable bonds is 0. The third-order valence-electron chi connectivity index (χ3n) is 2.88. The van der Waals surface area contributed by atoms with Gasteiger partial charge in [0, 0.05) is 11.1 Å². The Labute approximate surface area is 89.0 Å². The molecular weight excluding hydrogens is 184 g/mol. The molecule has 0 spiro atoms. The minimum atomic E-state index is 1.03. The van der Waals surface area contributed by atoms with Crippen LogP contribution in [0.3, 0.4) is 0 Å². The zero-order valence-electron chi connectivity index (χ0n) is 8.40. The highest BCUT2D eigenvalue weighted by Crippen LogP contribution is 2.29. The molecule has 0 amide bonds. The molecule has 1 heterocycles. The number of fused-ring (bicyclic) bond motifs is 3. The monoisotopic (exact) mass is 195 g/mol. The van der Waals surface area contributed by atoms with Crippen molar-refractivity contribution in [2.24, 2.45) is 0 Å². The Kier molecular flexibility index (Phi) is 1.98. The average molecular weight is 195 g/mol. The van der Waals surface area contributed by atoms with Crippen LogP contribution in [0.2, 0.25) is 0 Å². The fraction of sp³-hybridized carbons (Fsp3) is 0.231. The van der Waals surface area contributed by atoms with Crippen molar-refractivity contribution >= 4 is 0 Å². The third kappa shape index (κ3) is 1.42. The van der Waals surface area contributed by atoms with Gasteiger partial charge in [-0.15, -0.1) is 0 Å². The summed E-state index contributed by atoms with van der Waals surface area (Å²) in [6.45, 7) is 0. The molecule has 0 atom stereocenters. The van der Waals surface area contributed by atoms with Gasteiger partial charge in [0.2, 0.25) is 0 Å². The number of benzene rings is 1. The molecule has 2 aromatic rings. The second-order valence-electron chi connectivity index (χ2n) is 3.82. The van der Waals surface area contributed by atoms with Gasteiger partial charge >= 0.3 is 0 Å². The van der Waals surface area contributed by atoms with Gasteiger partial charge in [-0.2, -0.15) is 0 Å². The number of hydrogen-bond donors (Lipinski definition) is 0. The summed E-state index contributed by atoms with van der Waals surface area (Å²) in [6.07, 6.45) is 7.96. The van der Waals surface area contributed by atoms with Gasteiger partial charge in [-0.1, -0.05) is 24.3 Å². The highest BCUT2D eigenvalue weighted by atomic mass is 14.8. The van der Waals surface area contributed by atoms with Crippen molar-refractivity contribution in [2.45, 2.75) is 19.3 Å². The predicted octanol–water partition coefficient (Wildman–Crippen LogP) is 2.43. The molecule has 1 aliphatic rings. The lowest BCUT2D eigenvalue weighted by molar-refractivity contribution is 0.827. The molecule has 0 fully saturated rings. The van der Waals surface area contributed by atoms with Crippen LogP contribution in [0.4, 0.5) is 0 Å². The standard InChI is InChI=1S/C13H11N2/c1-2-7-12-10(4-1)5-3-6-11-8-14-9-15-13(11)12/h1-2,4,7,9H,3,5-6H2. The minimum Gasteiger partial charge on any atom is -0.236 e. The van der Waals surface area contributed by atoms with E-state index in [1.807, 2.05) is 0 Å². The van der Waals surface area contributed by atoms with Crippen LogP contribution < -0.4 is 0 Å². The van der Waals surface area contributed by atoms with Crippen molar-refractivity contribution in [3.63, 3.8) is 0 Å². The molecule has 0 N–H and O–H groups in total. The van der Waals surface area contributed by atoms with E-state index in [1.54, 1.807) is 6.33 Å². The molecule has 1 aromatic heterocycles. The van der Waals surface area contributed by atoms with Crippen LogP contribution in [0.25, 0.3) is 11.3 Å². The van der Waals surface area contributed by atoms with Gasteiger partial charge in [-0.25, -0.2) is 9.97 Å². The van der Waals surface area contributed by atoms with E-state index in [0.717, 1.165) is 30.5 Å². The van der Waals surface area contributed by atoms with E-state index in [0.29, 0.717) is 0 Å². The lowest BCUT2D eigenvalue weighted by Gasteiger charge is -2.05. The maximum Gasteiger partial charge on any atom is 0.116 e. The fourth-order valence-corrected chi connectivity index (χ4v) is 2.16. The number of nitrogens with zero attached hydrogens (tertiary/aromatic N) is 2.